The van der Waals surface area contributed by atoms with Crippen LogP contribution < -0.4 is 10.6 Å². The Kier molecular flexibility index (Phi) is 6.50. The predicted molar refractivity (Wildman–Crippen MR) is 124 cm³/mol. The highest BCUT2D eigenvalue weighted by Crippen LogP contribution is 2.36. The standard InChI is InChI=1S/C24H21N3O5S/c1-2-32-23(30)19-17(15-9-5-3-6-10-15)14-33-21(19)25-18(28)13-27-22(29)20(26-24(27)31)16-11-7-4-8-12-16/h3-12,14,20H,2,13H2,1H3,(H,25,28)(H,26,31). The molecule has 4 amide bonds. The van der Waals surface area contributed by atoms with Crippen LogP contribution in [0.4, 0.5) is 9.80 Å². The van der Waals surface area contributed by atoms with Crippen molar-refractivity contribution >= 4 is 40.2 Å². The number of nitrogens with zero attached hydrogens (tertiary/aromatic N) is 1. The van der Waals surface area contributed by atoms with E-state index in [9.17, 15) is 19.2 Å². The van der Waals surface area contributed by atoms with Gasteiger partial charge in [0.25, 0.3) is 5.91 Å². The highest BCUT2D eigenvalue weighted by Gasteiger charge is 2.40. The van der Waals surface area contributed by atoms with E-state index in [-0.39, 0.29) is 12.2 Å². The maximum Gasteiger partial charge on any atom is 0.341 e. The molecule has 1 unspecified atom stereocenters. The second kappa shape index (κ2) is 9.66. The first-order valence-electron chi connectivity index (χ1n) is 10.3. The number of amides is 4. The van der Waals surface area contributed by atoms with Crippen molar-refractivity contribution in [3.05, 3.63) is 77.2 Å². The highest BCUT2D eigenvalue weighted by molar-refractivity contribution is 7.15. The van der Waals surface area contributed by atoms with Crippen LogP contribution in [0.15, 0.2) is 66.0 Å². The molecule has 0 radical (unpaired) electrons. The monoisotopic (exact) mass is 463 g/mol. The van der Waals surface area contributed by atoms with Crippen molar-refractivity contribution in [1.82, 2.24) is 10.2 Å². The Bertz CT molecular complexity index is 1190. The van der Waals surface area contributed by atoms with Gasteiger partial charge in [0.05, 0.1) is 6.61 Å². The van der Waals surface area contributed by atoms with Crippen LogP contribution in [0.2, 0.25) is 0 Å². The van der Waals surface area contributed by atoms with E-state index in [1.807, 2.05) is 36.4 Å². The minimum Gasteiger partial charge on any atom is -0.462 e. The van der Waals surface area contributed by atoms with Gasteiger partial charge in [-0.3, -0.25) is 14.5 Å². The zero-order chi connectivity index (χ0) is 23.4. The number of urea groups is 1. The lowest BCUT2D eigenvalue weighted by atomic mass is 10.0. The molecule has 1 aliphatic heterocycles. The van der Waals surface area contributed by atoms with Gasteiger partial charge in [-0.05, 0) is 18.1 Å². The van der Waals surface area contributed by atoms with Crippen LogP contribution in [0.25, 0.3) is 11.1 Å². The Hall–Kier alpha value is -3.98. The van der Waals surface area contributed by atoms with Crippen molar-refractivity contribution in [2.75, 3.05) is 18.5 Å². The molecule has 2 N–H and O–H groups in total. The highest BCUT2D eigenvalue weighted by atomic mass is 32.1. The number of thiophene rings is 1. The third-order valence-electron chi connectivity index (χ3n) is 5.07. The van der Waals surface area contributed by atoms with Crippen LogP contribution >= 0.6 is 11.3 Å². The second-order valence-electron chi connectivity index (χ2n) is 7.21. The number of hydrogen-bond acceptors (Lipinski definition) is 6. The van der Waals surface area contributed by atoms with Gasteiger partial charge in [-0.1, -0.05) is 60.7 Å². The number of carbonyl (C=O) groups is 4. The fourth-order valence-electron chi connectivity index (χ4n) is 3.54. The molecular weight excluding hydrogens is 442 g/mol. The van der Waals surface area contributed by atoms with Crippen molar-refractivity contribution in [3.8, 4) is 11.1 Å². The van der Waals surface area contributed by atoms with Crippen LogP contribution in [0.3, 0.4) is 0 Å². The molecule has 4 rings (SSSR count). The summed E-state index contributed by atoms with van der Waals surface area (Å²) in [6.07, 6.45) is 0. The molecule has 1 aliphatic rings. The average Bonchev–Trinajstić information content (AvgIpc) is 3.36. The molecule has 2 heterocycles. The quantitative estimate of drug-likeness (QED) is 0.409. The number of benzene rings is 2. The second-order valence-corrected chi connectivity index (χ2v) is 8.09. The van der Waals surface area contributed by atoms with E-state index in [0.29, 0.717) is 16.1 Å². The minimum atomic E-state index is -0.840. The van der Waals surface area contributed by atoms with Gasteiger partial charge in [0.2, 0.25) is 5.91 Å². The molecule has 0 bridgehead atoms. The van der Waals surface area contributed by atoms with Crippen molar-refractivity contribution < 1.29 is 23.9 Å². The molecule has 33 heavy (non-hydrogen) atoms. The van der Waals surface area contributed by atoms with E-state index in [0.717, 1.165) is 10.5 Å². The van der Waals surface area contributed by atoms with E-state index < -0.39 is 36.4 Å². The maximum absolute atomic E-state index is 12.8. The first kappa shape index (κ1) is 22.2. The van der Waals surface area contributed by atoms with Crippen LogP contribution in [0.1, 0.15) is 28.9 Å². The summed E-state index contributed by atoms with van der Waals surface area (Å²) in [4.78, 5) is 51.4. The Morgan fingerprint density at radius 1 is 1.06 bits per heavy atom. The van der Waals surface area contributed by atoms with Crippen molar-refractivity contribution in [2.24, 2.45) is 0 Å². The summed E-state index contributed by atoms with van der Waals surface area (Å²) in [5.41, 5.74) is 2.31. The lowest BCUT2D eigenvalue weighted by Crippen LogP contribution is -2.38. The van der Waals surface area contributed by atoms with E-state index in [1.165, 1.54) is 11.3 Å². The molecule has 0 aliphatic carbocycles. The third-order valence-corrected chi connectivity index (χ3v) is 5.96. The number of ether oxygens (including phenoxy) is 1. The minimum absolute atomic E-state index is 0.180. The normalized spacial score (nSPS) is 15.3. The lowest BCUT2D eigenvalue weighted by molar-refractivity contribution is -0.130. The molecule has 1 saturated heterocycles. The van der Waals surface area contributed by atoms with Gasteiger partial charge in [-0.15, -0.1) is 11.3 Å². The fraction of sp³-hybridized carbons (Fsp3) is 0.167. The smallest absolute Gasteiger partial charge is 0.341 e. The van der Waals surface area contributed by atoms with Gasteiger partial charge in [0.1, 0.15) is 23.2 Å². The van der Waals surface area contributed by atoms with Crippen LogP contribution in [-0.4, -0.2) is 41.9 Å². The summed E-state index contributed by atoms with van der Waals surface area (Å²) in [7, 11) is 0. The van der Waals surface area contributed by atoms with E-state index in [4.69, 9.17) is 4.74 Å². The summed E-state index contributed by atoms with van der Waals surface area (Å²) >= 11 is 1.17. The number of rotatable bonds is 7. The predicted octanol–water partition coefficient (Wildman–Crippen LogP) is 3.82. The van der Waals surface area contributed by atoms with Crippen molar-refractivity contribution in [2.45, 2.75) is 13.0 Å². The molecule has 0 spiro atoms. The van der Waals surface area contributed by atoms with Crippen LogP contribution in [0.5, 0.6) is 0 Å². The van der Waals surface area contributed by atoms with Gasteiger partial charge >= 0.3 is 12.0 Å². The number of anilines is 1. The molecule has 168 valence electrons. The average molecular weight is 464 g/mol. The first-order valence-corrected chi connectivity index (χ1v) is 11.2. The molecular formula is C24H21N3O5S. The number of nitrogens with one attached hydrogen (secondary N) is 2. The Balaban J connectivity index is 1.53. The fourth-order valence-corrected chi connectivity index (χ4v) is 4.51. The number of imide groups is 1. The topological polar surface area (TPSA) is 105 Å². The largest absolute Gasteiger partial charge is 0.462 e. The van der Waals surface area contributed by atoms with Crippen molar-refractivity contribution in [3.63, 3.8) is 0 Å². The van der Waals surface area contributed by atoms with E-state index >= 15 is 0 Å². The van der Waals surface area contributed by atoms with Gasteiger partial charge in [0, 0.05) is 10.9 Å². The van der Waals surface area contributed by atoms with Gasteiger partial charge < -0.3 is 15.4 Å². The van der Waals surface area contributed by atoms with E-state index in [2.05, 4.69) is 10.6 Å². The Labute approximate surface area is 194 Å². The molecule has 8 nitrogen and oxygen atoms in total. The van der Waals surface area contributed by atoms with E-state index in [1.54, 1.807) is 36.6 Å². The van der Waals surface area contributed by atoms with Crippen molar-refractivity contribution in [1.29, 1.82) is 0 Å². The summed E-state index contributed by atoms with van der Waals surface area (Å²) in [6, 6.07) is 16.6. The zero-order valence-electron chi connectivity index (χ0n) is 17.7. The summed E-state index contributed by atoms with van der Waals surface area (Å²) in [5, 5.41) is 7.32. The molecule has 1 atom stereocenters. The molecule has 0 saturated carbocycles. The number of carbonyl (C=O) groups excluding carboxylic acids is 4. The molecule has 9 heteroatoms. The maximum atomic E-state index is 12.8. The molecule has 1 aromatic heterocycles. The zero-order valence-corrected chi connectivity index (χ0v) is 18.6. The SMILES string of the molecule is CCOC(=O)c1c(-c2ccccc2)csc1NC(=O)CN1C(=O)NC(c2ccccc2)C1=O. The van der Waals surface area contributed by atoms with Gasteiger partial charge in [0.15, 0.2) is 0 Å². The first-order chi connectivity index (χ1) is 16.0. The van der Waals surface area contributed by atoms with Crippen LogP contribution in [0, 0.1) is 0 Å². The Morgan fingerprint density at radius 2 is 1.73 bits per heavy atom. The summed E-state index contributed by atoms with van der Waals surface area (Å²) in [6.45, 7) is 1.40. The lowest BCUT2D eigenvalue weighted by Gasteiger charge is -2.13. The number of hydrogen-bond donors (Lipinski definition) is 2. The molecule has 3 aromatic rings. The molecule has 2 aromatic carbocycles. The van der Waals surface area contributed by atoms with Gasteiger partial charge in [-0.2, -0.15) is 0 Å². The summed E-state index contributed by atoms with van der Waals surface area (Å²) in [5.74, 6) is -1.67. The Morgan fingerprint density at radius 3 is 2.39 bits per heavy atom. The number of esters is 1. The third kappa shape index (κ3) is 4.63. The molecule has 1 fully saturated rings. The van der Waals surface area contributed by atoms with Gasteiger partial charge in [-0.25, -0.2) is 9.59 Å². The summed E-state index contributed by atoms with van der Waals surface area (Å²) < 4.78 is 5.19. The van der Waals surface area contributed by atoms with Crippen LogP contribution in [-0.2, 0) is 14.3 Å².